The van der Waals surface area contributed by atoms with Crippen molar-refractivity contribution in [3.63, 3.8) is 0 Å². The summed E-state index contributed by atoms with van der Waals surface area (Å²) in [6.45, 7) is 0.524. The largest absolute Gasteiger partial charge is 0.477 e. The lowest BCUT2D eigenvalue weighted by Crippen LogP contribution is -2.57. The zero-order chi connectivity index (χ0) is 37.2. The van der Waals surface area contributed by atoms with E-state index < -0.39 is 84.7 Å². The Morgan fingerprint density at radius 1 is 0.700 bits per heavy atom. The maximum absolute atomic E-state index is 12.5. The second-order valence-corrected chi connectivity index (χ2v) is 14.6. The molecule has 0 aromatic rings. The highest BCUT2D eigenvalue weighted by Gasteiger charge is 2.44. The lowest BCUT2D eigenvalue weighted by atomic mass is 10.0. The van der Waals surface area contributed by atoms with Gasteiger partial charge in [-0.2, -0.15) is 0 Å². The van der Waals surface area contributed by atoms with Crippen LogP contribution in [0.5, 0.6) is 0 Å². The van der Waals surface area contributed by atoms with Gasteiger partial charge in [0, 0.05) is 51.4 Å². The molecule has 50 heavy (non-hydrogen) atoms. The molecular formula is C28H51N5O14S3. The smallest absolute Gasteiger partial charge is 0.242 e. The van der Waals surface area contributed by atoms with Crippen molar-refractivity contribution in [2.75, 3.05) is 76.9 Å². The van der Waals surface area contributed by atoms with Gasteiger partial charge in [0.15, 0.2) is 0 Å². The highest BCUT2D eigenvalue weighted by atomic mass is 32.2. The van der Waals surface area contributed by atoms with Gasteiger partial charge in [-0.3, -0.25) is 24.7 Å². The molecule has 22 heteroatoms. The Morgan fingerprint density at radius 2 is 1.12 bits per heavy atom. The Labute approximate surface area is 302 Å². The highest BCUT2D eigenvalue weighted by molar-refractivity contribution is 8.13. The van der Waals surface area contributed by atoms with Gasteiger partial charge >= 0.3 is 0 Å². The number of hydrogen-bond donors (Lipinski definition) is 12. The van der Waals surface area contributed by atoms with E-state index >= 15 is 0 Å². The van der Waals surface area contributed by atoms with Gasteiger partial charge in [-0.25, -0.2) is 0 Å². The van der Waals surface area contributed by atoms with Gasteiger partial charge in [0.2, 0.25) is 23.0 Å². The zero-order valence-corrected chi connectivity index (χ0v) is 30.1. The first-order valence-corrected chi connectivity index (χ1v) is 19.0. The van der Waals surface area contributed by atoms with E-state index in [0.717, 1.165) is 23.5 Å². The van der Waals surface area contributed by atoms with Crippen molar-refractivity contribution in [1.29, 1.82) is 5.41 Å². The van der Waals surface area contributed by atoms with Crippen LogP contribution in [0.1, 0.15) is 12.8 Å². The molecule has 0 aromatic heterocycles. The Balaban J connectivity index is 1.81. The quantitative estimate of drug-likeness (QED) is 0.0295. The molecule has 0 saturated carbocycles. The number of aliphatic hydroxyl groups is 8. The number of hydrogen-bond acceptors (Lipinski definition) is 19. The molecular weight excluding hydrogens is 727 g/mol. The first kappa shape index (κ1) is 44.7. The standard InChI is InChI=1S/C28H51N5O14S3/c1-45-28(29)48-10-2-3-17(36)30-4-7-33(8-5-31-18(37)13-49-26-24(43)22(41)20(39)15(11-34)46-26)9-6-32-19(38)14-50-27-25(44)23(42)21(40)16(12-35)47-27/h15-16,20-27,29,34-35,39-44H,2-14H2,1H3,(H,30,36)(H,31,37)(H,32,38)/t15?,16?,20-,21-,22-,23-,24-,25-,26?,27?/m0/s1. The number of nitrogens with zero attached hydrogens (tertiary/aromatic N) is 1. The minimum absolute atomic E-state index is 0.0696. The Hall–Kier alpha value is -1.51. The van der Waals surface area contributed by atoms with Crippen LogP contribution < -0.4 is 16.0 Å². The third-order valence-corrected chi connectivity index (χ3v) is 10.9. The molecule has 19 nitrogen and oxygen atoms in total. The third-order valence-electron chi connectivity index (χ3n) is 7.67. The van der Waals surface area contributed by atoms with Crippen LogP contribution in [0.2, 0.25) is 0 Å². The van der Waals surface area contributed by atoms with Gasteiger partial charge in [-0.05, 0) is 6.42 Å². The predicted molar refractivity (Wildman–Crippen MR) is 184 cm³/mol. The molecule has 0 spiro atoms. The van der Waals surface area contributed by atoms with Crippen molar-refractivity contribution in [1.82, 2.24) is 20.9 Å². The number of aliphatic hydroxyl groups excluding tert-OH is 8. The fourth-order valence-electron chi connectivity index (χ4n) is 4.77. The average Bonchev–Trinajstić information content (AvgIpc) is 3.10. The van der Waals surface area contributed by atoms with Crippen molar-refractivity contribution in [3.05, 3.63) is 0 Å². The van der Waals surface area contributed by atoms with Crippen LogP contribution in [0.3, 0.4) is 0 Å². The number of ether oxygens (including phenoxy) is 3. The number of carbonyl (C=O) groups is 3. The molecule has 2 aliphatic rings. The van der Waals surface area contributed by atoms with Gasteiger partial charge < -0.3 is 71.0 Å². The minimum Gasteiger partial charge on any atom is -0.477 e. The molecule has 12 N–H and O–H groups in total. The molecule has 2 heterocycles. The van der Waals surface area contributed by atoms with Crippen LogP contribution >= 0.6 is 35.3 Å². The van der Waals surface area contributed by atoms with Crippen LogP contribution in [-0.2, 0) is 28.6 Å². The van der Waals surface area contributed by atoms with Gasteiger partial charge in [0.1, 0.15) is 59.7 Å². The molecule has 3 amide bonds. The van der Waals surface area contributed by atoms with Crippen LogP contribution in [0.25, 0.3) is 0 Å². The molecule has 4 unspecified atom stereocenters. The normalized spacial score (nSPS) is 29.7. The van der Waals surface area contributed by atoms with E-state index in [1.165, 1.54) is 18.9 Å². The van der Waals surface area contributed by atoms with Crippen LogP contribution in [0.15, 0.2) is 0 Å². The van der Waals surface area contributed by atoms with E-state index in [0.29, 0.717) is 31.8 Å². The van der Waals surface area contributed by atoms with Gasteiger partial charge in [0.05, 0.1) is 31.8 Å². The molecule has 10 atom stereocenters. The number of amides is 3. The lowest BCUT2D eigenvalue weighted by Gasteiger charge is -2.39. The summed E-state index contributed by atoms with van der Waals surface area (Å²) in [6, 6.07) is 0. The van der Waals surface area contributed by atoms with Crippen molar-refractivity contribution >= 4 is 58.2 Å². The van der Waals surface area contributed by atoms with E-state index in [-0.39, 0.29) is 48.7 Å². The molecule has 0 bridgehead atoms. The summed E-state index contributed by atoms with van der Waals surface area (Å²) in [5.74, 6) is -0.732. The highest BCUT2D eigenvalue weighted by Crippen LogP contribution is 2.29. The summed E-state index contributed by atoms with van der Waals surface area (Å²) in [4.78, 5) is 39.2. The first-order valence-electron chi connectivity index (χ1n) is 15.9. The summed E-state index contributed by atoms with van der Waals surface area (Å²) in [6.07, 6.45) is -10.4. The van der Waals surface area contributed by atoms with E-state index in [9.17, 15) is 55.2 Å². The second kappa shape index (κ2) is 23.9. The van der Waals surface area contributed by atoms with E-state index in [1.807, 2.05) is 4.90 Å². The lowest BCUT2D eigenvalue weighted by molar-refractivity contribution is -0.205. The fraction of sp³-hybridized carbons (Fsp3) is 0.857. The SMILES string of the molecule is COC(=N)SCCCC(=O)NCCN(CCNC(=O)CSC1OC(CO)[C@H](O)[C@H](O)[C@@H]1O)CCNC(=O)CSC1OC(CO)[C@H](O)[C@H](O)[C@@H]1O. The van der Waals surface area contributed by atoms with Gasteiger partial charge in [0.25, 0.3) is 0 Å². The second-order valence-electron chi connectivity index (χ2n) is 11.4. The minimum atomic E-state index is -1.55. The number of thioether (sulfide) groups is 3. The van der Waals surface area contributed by atoms with E-state index in [2.05, 4.69) is 16.0 Å². The van der Waals surface area contributed by atoms with Crippen molar-refractivity contribution in [2.24, 2.45) is 0 Å². The summed E-state index contributed by atoms with van der Waals surface area (Å²) < 4.78 is 15.6. The summed E-state index contributed by atoms with van der Waals surface area (Å²) >= 11 is 2.99. The fourth-order valence-corrected chi connectivity index (χ4v) is 7.35. The maximum Gasteiger partial charge on any atom is 0.242 e. The molecule has 2 saturated heterocycles. The number of nitrogens with one attached hydrogen (secondary N) is 4. The predicted octanol–water partition coefficient (Wildman–Crippen LogP) is -5.20. The third kappa shape index (κ3) is 15.2. The Bertz CT molecular complexity index is 996. The molecule has 2 rings (SSSR count). The van der Waals surface area contributed by atoms with Crippen LogP contribution in [-0.4, -0.2) is 205 Å². The summed E-state index contributed by atoms with van der Waals surface area (Å²) in [5.41, 5.74) is -2.10. The number of carbonyl (C=O) groups excluding carboxylic acids is 3. The Kier molecular flexibility index (Phi) is 21.4. The zero-order valence-electron chi connectivity index (χ0n) is 27.7. The molecule has 2 fully saturated rings. The number of rotatable bonds is 21. The monoisotopic (exact) mass is 777 g/mol. The van der Waals surface area contributed by atoms with E-state index in [4.69, 9.17) is 19.6 Å². The first-order chi connectivity index (χ1) is 23.8. The Morgan fingerprint density at radius 3 is 1.52 bits per heavy atom. The molecule has 0 aromatic carbocycles. The maximum atomic E-state index is 12.5. The van der Waals surface area contributed by atoms with Gasteiger partial charge in [-0.1, -0.05) is 11.8 Å². The van der Waals surface area contributed by atoms with Crippen molar-refractivity contribution in [3.8, 4) is 0 Å². The summed E-state index contributed by atoms with van der Waals surface area (Å²) in [7, 11) is 1.40. The van der Waals surface area contributed by atoms with E-state index in [1.54, 1.807) is 0 Å². The number of methoxy groups -OCH3 is 1. The topological polar surface area (TPSA) is 304 Å². The average molecular weight is 778 g/mol. The molecule has 0 aliphatic carbocycles. The van der Waals surface area contributed by atoms with Crippen molar-refractivity contribution < 1.29 is 69.4 Å². The van der Waals surface area contributed by atoms with Crippen molar-refractivity contribution in [2.45, 2.75) is 72.5 Å². The van der Waals surface area contributed by atoms with Crippen LogP contribution in [0.4, 0.5) is 0 Å². The molecule has 290 valence electrons. The molecule has 2 aliphatic heterocycles. The summed E-state index contributed by atoms with van der Waals surface area (Å²) in [5, 5.41) is 94.6. The molecule has 0 radical (unpaired) electrons. The van der Waals surface area contributed by atoms with Crippen LogP contribution in [0, 0.1) is 5.41 Å². The van der Waals surface area contributed by atoms with Gasteiger partial charge in [-0.15, -0.1) is 23.5 Å².